The van der Waals surface area contributed by atoms with Crippen molar-refractivity contribution >= 4 is 23.3 Å². The van der Waals surface area contributed by atoms with Crippen LogP contribution in [0.15, 0.2) is 18.3 Å². The van der Waals surface area contributed by atoms with Gasteiger partial charge in [-0.15, -0.1) is 0 Å². The molecular weight excluding hydrogens is 146 g/mol. The topological polar surface area (TPSA) is 44.5 Å². The van der Waals surface area contributed by atoms with Crippen molar-refractivity contribution in [1.29, 1.82) is 0 Å². The number of aromatic amines is 2. The molecule has 0 amide bonds. The van der Waals surface area contributed by atoms with Gasteiger partial charge >= 0.3 is 0 Å². The Morgan fingerprint density at radius 1 is 1.30 bits per heavy atom. The summed E-state index contributed by atoms with van der Waals surface area (Å²) in [6, 6.07) is 3.73. The van der Waals surface area contributed by atoms with Gasteiger partial charge in [0.05, 0.1) is 17.2 Å². The molecule has 0 aliphatic carbocycles. The van der Waals surface area contributed by atoms with Crippen LogP contribution in [0.5, 0.6) is 0 Å². The third-order valence-corrected chi connectivity index (χ3v) is 1.57. The van der Waals surface area contributed by atoms with Crippen molar-refractivity contribution < 1.29 is 0 Å². The van der Waals surface area contributed by atoms with E-state index < -0.39 is 0 Å². The predicted molar refractivity (Wildman–Crippen MR) is 41.3 cm³/mol. The number of nitrogens with one attached hydrogen (secondary N) is 2. The maximum atomic E-state index is 4.91. The number of fused-ring (bicyclic) bond motifs is 1. The highest BCUT2D eigenvalue weighted by Gasteiger charge is 1.90. The van der Waals surface area contributed by atoms with E-state index in [1.54, 1.807) is 6.20 Å². The second-order valence-corrected chi connectivity index (χ2v) is 2.46. The summed E-state index contributed by atoms with van der Waals surface area (Å²) in [7, 11) is 0. The third kappa shape index (κ3) is 0.733. The molecule has 2 N–H and O–H groups in total. The molecule has 2 aromatic rings. The summed E-state index contributed by atoms with van der Waals surface area (Å²) < 4.78 is 0.730. The Morgan fingerprint density at radius 2 is 2.20 bits per heavy atom. The summed E-state index contributed by atoms with van der Waals surface area (Å²) in [5.74, 6) is 0. The van der Waals surface area contributed by atoms with Gasteiger partial charge in [0.15, 0.2) is 0 Å². The Labute approximate surface area is 62.1 Å². The Balaban J connectivity index is 2.99. The molecule has 4 heteroatoms. The monoisotopic (exact) mass is 151 g/mol. The molecule has 2 rings (SSSR count). The molecule has 0 bridgehead atoms. The quantitative estimate of drug-likeness (QED) is 0.562. The highest BCUT2D eigenvalue weighted by Crippen LogP contribution is 2.04. The molecule has 0 aromatic carbocycles. The first-order valence-corrected chi connectivity index (χ1v) is 3.29. The van der Waals surface area contributed by atoms with Gasteiger partial charge in [0.1, 0.15) is 4.64 Å². The predicted octanol–water partition coefficient (Wildman–Crippen LogP) is 1.62. The summed E-state index contributed by atoms with van der Waals surface area (Å²) in [4.78, 5) is 2.99. The van der Waals surface area contributed by atoms with E-state index >= 15 is 0 Å². The molecule has 0 atom stereocenters. The lowest BCUT2D eigenvalue weighted by Crippen LogP contribution is -1.72. The number of aromatic nitrogens is 3. The summed E-state index contributed by atoms with van der Waals surface area (Å²) in [6.07, 6.45) is 1.71. The fraction of sp³-hybridized carbons (Fsp3) is 0. The number of hydrogen-bond donors (Lipinski definition) is 2. The number of H-pyrrole nitrogens is 2. The van der Waals surface area contributed by atoms with E-state index in [4.69, 9.17) is 12.2 Å². The zero-order chi connectivity index (χ0) is 6.97. The summed E-state index contributed by atoms with van der Waals surface area (Å²) in [5.41, 5.74) is 1.93. The maximum Gasteiger partial charge on any atom is 0.103 e. The fourth-order valence-electron chi connectivity index (χ4n) is 0.856. The van der Waals surface area contributed by atoms with Gasteiger partial charge in [-0.1, -0.05) is 12.2 Å². The van der Waals surface area contributed by atoms with Crippen LogP contribution in [-0.4, -0.2) is 15.2 Å². The van der Waals surface area contributed by atoms with E-state index in [1.807, 2.05) is 12.1 Å². The normalized spacial score (nSPS) is 10.4. The standard InChI is InChI=1S/C6H5N3S/c10-6-2-1-4-5(8-6)3-7-9-4/h1-3H,(H,7,9)(H,8,10). The van der Waals surface area contributed by atoms with Crippen molar-refractivity contribution in [3.05, 3.63) is 23.0 Å². The van der Waals surface area contributed by atoms with Crippen LogP contribution in [0.2, 0.25) is 0 Å². The van der Waals surface area contributed by atoms with Gasteiger partial charge in [-0.3, -0.25) is 5.10 Å². The Morgan fingerprint density at radius 3 is 3.10 bits per heavy atom. The van der Waals surface area contributed by atoms with E-state index in [0.29, 0.717) is 0 Å². The molecule has 0 unspecified atom stereocenters. The van der Waals surface area contributed by atoms with Crippen LogP contribution in [0, 0.1) is 4.64 Å². The van der Waals surface area contributed by atoms with E-state index in [1.165, 1.54) is 0 Å². The number of hydrogen-bond acceptors (Lipinski definition) is 2. The molecule has 2 heterocycles. The summed E-state index contributed by atoms with van der Waals surface area (Å²) >= 11 is 4.91. The zero-order valence-electron chi connectivity index (χ0n) is 5.09. The lowest BCUT2D eigenvalue weighted by atomic mass is 10.4. The molecule has 0 saturated carbocycles. The van der Waals surface area contributed by atoms with Crippen molar-refractivity contribution in [3.63, 3.8) is 0 Å². The largest absolute Gasteiger partial charge is 0.344 e. The molecule has 0 aliphatic rings. The molecule has 0 spiro atoms. The van der Waals surface area contributed by atoms with Gasteiger partial charge in [-0.25, -0.2) is 0 Å². The van der Waals surface area contributed by atoms with E-state index in [0.717, 1.165) is 15.7 Å². The molecule has 0 saturated heterocycles. The number of rotatable bonds is 0. The smallest absolute Gasteiger partial charge is 0.103 e. The highest BCUT2D eigenvalue weighted by molar-refractivity contribution is 7.71. The van der Waals surface area contributed by atoms with Crippen LogP contribution >= 0.6 is 12.2 Å². The Hall–Kier alpha value is -1.16. The van der Waals surface area contributed by atoms with Gasteiger partial charge in [-0.2, -0.15) is 5.10 Å². The first-order valence-electron chi connectivity index (χ1n) is 2.89. The first kappa shape index (κ1) is 5.61. The summed E-state index contributed by atoms with van der Waals surface area (Å²) in [6.45, 7) is 0. The average molecular weight is 151 g/mol. The highest BCUT2D eigenvalue weighted by atomic mass is 32.1. The van der Waals surface area contributed by atoms with Crippen molar-refractivity contribution in [1.82, 2.24) is 15.2 Å². The van der Waals surface area contributed by atoms with Crippen LogP contribution in [0.1, 0.15) is 0 Å². The summed E-state index contributed by atoms with van der Waals surface area (Å²) in [5, 5.41) is 6.66. The molecule has 0 aliphatic heterocycles. The van der Waals surface area contributed by atoms with Crippen LogP contribution in [-0.2, 0) is 0 Å². The number of nitrogens with zero attached hydrogens (tertiary/aromatic N) is 1. The third-order valence-electron chi connectivity index (χ3n) is 1.33. The van der Waals surface area contributed by atoms with Crippen LogP contribution in [0.4, 0.5) is 0 Å². The number of pyridine rings is 1. The Kier molecular flexibility index (Phi) is 1.07. The van der Waals surface area contributed by atoms with Crippen LogP contribution in [0.3, 0.4) is 0 Å². The van der Waals surface area contributed by atoms with Crippen LogP contribution < -0.4 is 0 Å². The van der Waals surface area contributed by atoms with Gasteiger partial charge < -0.3 is 4.98 Å². The van der Waals surface area contributed by atoms with Gasteiger partial charge in [-0.05, 0) is 12.1 Å². The van der Waals surface area contributed by atoms with E-state index in [9.17, 15) is 0 Å². The SMILES string of the molecule is S=c1ccc2[nH]ncc2[nH]1. The molecule has 0 radical (unpaired) electrons. The maximum absolute atomic E-state index is 4.91. The lowest BCUT2D eigenvalue weighted by molar-refractivity contribution is 1.12. The van der Waals surface area contributed by atoms with E-state index in [-0.39, 0.29) is 0 Å². The van der Waals surface area contributed by atoms with Crippen molar-refractivity contribution in [2.75, 3.05) is 0 Å². The second-order valence-electron chi connectivity index (χ2n) is 2.02. The van der Waals surface area contributed by atoms with Gasteiger partial charge in [0.2, 0.25) is 0 Å². The lowest BCUT2D eigenvalue weighted by Gasteiger charge is -1.85. The molecule has 0 fully saturated rings. The fourth-order valence-corrected chi connectivity index (χ4v) is 1.03. The zero-order valence-corrected chi connectivity index (χ0v) is 5.90. The minimum atomic E-state index is 0.730. The van der Waals surface area contributed by atoms with Gasteiger partial charge in [0.25, 0.3) is 0 Å². The van der Waals surface area contributed by atoms with Crippen molar-refractivity contribution in [2.45, 2.75) is 0 Å². The molecule has 50 valence electrons. The minimum absolute atomic E-state index is 0.730. The minimum Gasteiger partial charge on any atom is -0.344 e. The van der Waals surface area contributed by atoms with Crippen molar-refractivity contribution in [3.8, 4) is 0 Å². The van der Waals surface area contributed by atoms with Crippen LogP contribution in [0.25, 0.3) is 11.0 Å². The molecule has 10 heavy (non-hydrogen) atoms. The average Bonchev–Trinajstić information content (AvgIpc) is 2.33. The van der Waals surface area contributed by atoms with Gasteiger partial charge in [0, 0.05) is 0 Å². The van der Waals surface area contributed by atoms with E-state index in [2.05, 4.69) is 15.2 Å². The Bertz CT molecular complexity index is 400. The molecule has 3 nitrogen and oxygen atoms in total. The first-order chi connectivity index (χ1) is 4.86. The molecule has 2 aromatic heterocycles. The van der Waals surface area contributed by atoms with Crippen molar-refractivity contribution in [2.24, 2.45) is 0 Å². The second kappa shape index (κ2) is 1.91. The molecular formula is C6H5N3S.